The molecule has 2 heterocycles. The maximum Gasteiger partial charge on any atom is 0.0906 e. The molecule has 4 nitrogen and oxygen atoms in total. The number of anilines is 1. The van der Waals surface area contributed by atoms with Crippen LogP contribution >= 0.6 is 0 Å². The Bertz CT molecular complexity index is 610. The molecule has 0 atom stereocenters. The number of para-hydroxylation sites is 1. The second kappa shape index (κ2) is 5.74. The zero-order chi connectivity index (χ0) is 13.8. The van der Waals surface area contributed by atoms with Crippen LogP contribution in [0.3, 0.4) is 0 Å². The fraction of sp³-hybridized carbons (Fsp3) is 0.250. The lowest BCUT2D eigenvalue weighted by Crippen LogP contribution is -2.34. The number of aromatic nitrogens is 1. The number of oxime groups is 1. The molecule has 4 heteroatoms. The van der Waals surface area contributed by atoms with Gasteiger partial charge < -0.3 is 10.1 Å². The molecular weight excluding hydrogens is 250 g/mol. The molecule has 0 saturated carbocycles. The van der Waals surface area contributed by atoms with Crippen LogP contribution in [0.2, 0.25) is 0 Å². The number of hydrogen-bond acceptors (Lipinski definition) is 4. The molecule has 0 fully saturated rings. The normalized spacial score (nSPS) is 16.2. The van der Waals surface area contributed by atoms with Crippen molar-refractivity contribution >= 4 is 11.4 Å². The second-order valence-corrected chi connectivity index (χ2v) is 4.91. The average Bonchev–Trinajstić information content (AvgIpc) is 2.53. The van der Waals surface area contributed by atoms with Crippen LogP contribution in [0.4, 0.5) is 5.69 Å². The van der Waals surface area contributed by atoms with Crippen molar-refractivity contribution in [3.05, 3.63) is 59.9 Å². The molecule has 0 spiro atoms. The second-order valence-electron chi connectivity index (χ2n) is 4.91. The molecule has 1 aromatic heterocycles. The third kappa shape index (κ3) is 2.50. The van der Waals surface area contributed by atoms with E-state index in [2.05, 4.69) is 33.2 Å². The van der Waals surface area contributed by atoms with Crippen LogP contribution in [0.25, 0.3) is 0 Å². The summed E-state index contributed by atoms with van der Waals surface area (Å²) < 4.78 is 0. The van der Waals surface area contributed by atoms with Crippen molar-refractivity contribution in [3.8, 4) is 0 Å². The molecule has 0 aliphatic carbocycles. The van der Waals surface area contributed by atoms with Crippen molar-refractivity contribution in [2.24, 2.45) is 5.16 Å². The summed E-state index contributed by atoms with van der Waals surface area (Å²) >= 11 is 0. The first kappa shape index (κ1) is 12.7. The van der Waals surface area contributed by atoms with Gasteiger partial charge in [0.15, 0.2) is 0 Å². The van der Waals surface area contributed by atoms with E-state index in [-0.39, 0.29) is 0 Å². The Kier molecular flexibility index (Phi) is 3.63. The fourth-order valence-electron chi connectivity index (χ4n) is 2.64. The Morgan fingerprint density at radius 1 is 1.15 bits per heavy atom. The molecule has 0 amide bonds. The lowest BCUT2D eigenvalue weighted by Gasteiger charge is -2.31. The zero-order valence-electron chi connectivity index (χ0n) is 11.2. The maximum atomic E-state index is 9.09. The molecular formula is C16H17N3O. The Morgan fingerprint density at radius 2 is 1.95 bits per heavy atom. The lowest BCUT2D eigenvalue weighted by atomic mass is 9.99. The van der Waals surface area contributed by atoms with Gasteiger partial charge in [-0.1, -0.05) is 23.4 Å². The predicted molar refractivity (Wildman–Crippen MR) is 79.5 cm³/mol. The van der Waals surface area contributed by atoms with Crippen molar-refractivity contribution < 1.29 is 5.21 Å². The highest BCUT2D eigenvalue weighted by molar-refractivity contribution is 6.06. The maximum absolute atomic E-state index is 9.09. The number of benzene rings is 1. The standard InChI is InChI=1S/C16H17N3O/c20-18-15-8-12-19(16-4-2-1-3-14(15)16)11-7-13-5-9-17-10-6-13/h1-6,9-10,20H,7-8,11-12H2. The van der Waals surface area contributed by atoms with Gasteiger partial charge in [0.25, 0.3) is 0 Å². The third-order valence-electron chi connectivity index (χ3n) is 3.71. The number of nitrogens with zero attached hydrogens (tertiary/aromatic N) is 3. The molecule has 2 aromatic rings. The molecule has 0 saturated heterocycles. The minimum atomic E-state index is 0.778. The van der Waals surface area contributed by atoms with Gasteiger partial charge in [-0.25, -0.2) is 0 Å². The average molecular weight is 267 g/mol. The Labute approximate surface area is 118 Å². The van der Waals surface area contributed by atoms with Crippen LogP contribution in [-0.4, -0.2) is 29.0 Å². The molecule has 1 N–H and O–H groups in total. The minimum absolute atomic E-state index is 0.778. The van der Waals surface area contributed by atoms with Crippen LogP contribution in [0.15, 0.2) is 53.9 Å². The summed E-state index contributed by atoms with van der Waals surface area (Å²) in [4.78, 5) is 6.39. The summed E-state index contributed by atoms with van der Waals surface area (Å²) in [7, 11) is 0. The molecule has 1 aliphatic heterocycles. The highest BCUT2D eigenvalue weighted by Gasteiger charge is 2.21. The van der Waals surface area contributed by atoms with Gasteiger partial charge in [0.1, 0.15) is 0 Å². The van der Waals surface area contributed by atoms with E-state index < -0.39 is 0 Å². The molecule has 0 unspecified atom stereocenters. The van der Waals surface area contributed by atoms with Crippen LogP contribution in [0.1, 0.15) is 17.5 Å². The monoisotopic (exact) mass is 267 g/mol. The fourth-order valence-corrected chi connectivity index (χ4v) is 2.64. The first-order valence-corrected chi connectivity index (χ1v) is 6.82. The highest BCUT2D eigenvalue weighted by atomic mass is 16.4. The number of hydrogen-bond donors (Lipinski definition) is 1. The van der Waals surface area contributed by atoms with Gasteiger partial charge in [0.05, 0.1) is 5.71 Å². The summed E-state index contributed by atoms with van der Waals surface area (Å²) in [6.45, 7) is 1.85. The van der Waals surface area contributed by atoms with Crippen molar-refractivity contribution in [2.75, 3.05) is 18.0 Å². The summed E-state index contributed by atoms with van der Waals surface area (Å²) in [5.74, 6) is 0. The first-order valence-electron chi connectivity index (χ1n) is 6.82. The molecule has 102 valence electrons. The van der Waals surface area contributed by atoms with E-state index in [0.29, 0.717) is 0 Å². The summed E-state index contributed by atoms with van der Waals surface area (Å²) in [5.41, 5.74) is 4.26. The van der Waals surface area contributed by atoms with E-state index in [0.717, 1.165) is 42.9 Å². The van der Waals surface area contributed by atoms with Gasteiger partial charge >= 0.3 is 0 Å². The largest absolute Gasteiger partial charge is 0.411 e. The van der Waals surface area contributed by atoms with Crippen LogP contribution in [0, 0.1) is 0 Å². The molecule has 0 radical (unpaired) electrons. The van der Waals surface area contributed by atoms with E-state index in [1.165, 1.54) is 5.56 Å². The van der Waals surface area contributed by atoms with Gasteiger partial charge in [0, 0.05) is 43.2 Å². The predicted octanol–water partition coefficient (Wildman–Crippen LogP) is 2.71. The molecule has 0 bridgehead atoms. The van der Waals surface area contributed by atoms with Crippen molar-refractivity contribution in [1.82, 2.24) is 4.98 Å². The lowest BCUT2D eigenvalue weighted by molar-refractivity contribution is 0.318. The molecule has 1 aromatic carbocycles. The topological polar surface area (TPSA) is 48.7 Å². The van der Waals surface area contributed by atoms with Gasteiger partial charge in [-0.15, -0.1) is 0 Å². The first-order chi connectivity index (χ1) is 9.88. The smallest absolute Gasteiger partial charge is 0.0906 e. The number of pyridine rings is 1. The zero-order valence-corrected chi connectivity index (χ0v) is 11.2. The Morgan fingerprint density at radius 3 is 2.75 bits per heavy atom. The van der Waals surface area contributed by atoms with E-state index in [1.54, 1.807) is 0 Å². The molecule has 1 aliphatic rings. The summed E-state index contributed by atoms with van der Waals surface area (Å²) in [6.07, 6.45) is 5.43. The van der Waals surface area contributed by atoms with Crippen molar-refractivity contribution in [2.45, 2.75) is 12.8 Å². The van der Waals surface area contributed by atoms with Crippen molar-refractivity contribution in [3.63, 3.8) is 0 Å². The third-order valence-corrected chi connectivity index (χ3v) is 3.71. The number of rotatable bonds is 3. The summed E-state index contributed by atoms with van der Waals surface area (Å²) in [6, 6.07) is 12.2. The Balaban J connectivity index is 1.78. The van der Waals surface area contributed by atoms with E-state index >= 15 is 0 Å². The Hall–Kier alpha value is -2.36. The molecule has 20 heavy (non-hydrogen) atoms. The molecule has 3 rings (SSSR count). The minimum Gasteiger partial charge on any atom is -0.411 e. The van der Waals surface area contributed by atoms with Gasteiger partial charge in [-0.2, -0.15) is 0 Å². The van der Waals surface area contributed by atoms with Crippen LogP contribution in [0.5, 0.6) is 0 Å². The van der Waals surface area contributed by atoms with Gasteiger partial charge in [0.2, 0.25) is 0 Å². The van der Waals surface area contributed by atoms with Gasteiger partial charge in [-0.3, -0.25) is 4.98 Å². The van der Waals surface area contributed by atoms with Crippen LogP contribution in [-0.2, 0) is 6.42 Å². The SMILES string of the molecule is ON=C1CCN(CCc2ccncc2)c2ccccc21. The van der Waals surface area contributed by atoms with E-state index in [1.807, 2.05) is 30.6 Å². The summed E-state index contributed by atoms with van der Waals surface area (Å²) in [5, 5.41) is 12.5. The highest BCUT2D eigenvalue weighted by Crippen LogP contribution is 2.27. The van der Waals surface area contributed by atoms with E-state index in [9.17, 15) is 0 Å². The van der Waals surface area contributed by atoms with Crippen molar-refractivity contribution in [1.29, 1.82) is 0 Å². The van der Waals surface area contributed by atoms with E-state index in [4.69, 9.17) is 5.21 Å². The van der Waals surface area contributed by atoms with Crippen LogP contribution < -0.4 is 4.90 Å². The van der Waals surface area contributed by atoms with Gasteiger partial charge in [-0.05, 0) is 30.2 Å². The number of fused-ring (bicyclic) bond motifs is 1. The quantitative estimate of drug-likeness (QED) is 0.687.